The minimum atomic E-state index is -3.36. The van der Waals surface area contributed by atoms with Gasteiger partial charge < -0.3 is 4.90 Å². The molecule has 0 aromatic carbocycles. The Morgan fingerprint density at radius 1 is 1.30 bits per heavy atom. The highest BCUT2D eigenvalue weighted by Crippen LogP contribution is 2.22. The van der Waals surface area contributed by atoms with E-state index in [1.807, 2.05) is 0 Å². The lowest BCUT2D eigenvalue weighted by molar-refractivity contribution is -0.131. The molecule has 128 valence electrons. The molecule has 1 aliphatic heterocycles. The maximum atomic E-state index is 12.6. The first-order valence-electron chi connectivity index (χ1n) is 8.32. The molecule has 1 saturated heterocycles. The Labute approximate surface area is 136 Å². The second kappa shape index (κ2) is 7.00. The molecule has 1 amide bonds. The maximum Gasteiger partial charge on any atom is 0.228 e. The summed E-state index contributed by atoms with van der Waals surface area (Å²) in [5.41, 5.74) is 0.754. The number of nitrogens with zero attached hydrogens (tertiary/aromatic N) is 2. The average Bonchev–Trinajstić information content (AvgIpc) is 3.21. The van der Waals surface area contributed by atoms with E-state index < -0.39 is 15.3 Å². The molecule has 23 heavy (non-hydrogen) atoms. The zero-order valence-corrected chi connectivity index (χ0v) is 14.0. The topological polar surface area (TPSA) is 95.2 Å². The first kappa shape index (κ1) is 16.4. The molecule has 2 N–H and O–H groups in total. The van der Waals surface area contributed by atoms with E-state index in [0.717, 1.165) is 37.8 Å². The van der Waals surface area contributed by atoms with Crippen molar-refractivity contribution >= 4 is 15.9 Å². The van der Waals surface area contributed by atoms with Gasteiger partial charge in [-0.2, -0.15) is 5.10 Å². The third-order valence-electron chi connectivity index (χ3n) is 4.76. The van der Waals surface area contributed by atoms with Crippen LogP contribution in [0.3, 0.4) is 0 Å². The summed E-state index contributed by atoms with van der Waals surface area (Å²) < 4.78 is 28.0. The molecular formula is C15H24N4O3S. The number of aromatic amines is 1. The van der Waals surface area contributed by atoms with E-state index in [1.54, 1.807) is 17.2 Å². The van der Waals surface area contributed by atoms with Crippen LogP contribution in [-0.4, -0.2) is 53.8 Å². The van der Waals surface area contributed by atoms with Gasteiger partial charge in [-0.05, 0) is 31.7 Å². The highest BCUT2D eigenvalue weighted by Gasteiger charge is 2.34. The van der Waals surface area contributed by atoms with Crippen molar-refractivity contribution in [2.75, 3.05) is 13.1 Å². The van der Waals surface area contributed by atoms with E-state index in [1.165, 1.54) is 0 Å². The summed E-state index contributed by atoms with van der Waals surface area (Å²) in [6.45, 7) is 0.914. The minimum Gasteiger partial charge on any atom is -0.341 e. The van der Waals surface area contributed by atoms with E-state index in [2.05, 4.69) is 14.9 Å². The lowest BCUT2D eigenvalue weighted by Gasteiger charge is -2.33. The molecule has 1 unspecified atom stereocenters. The second-order valence-electron chi connectivity index (χ2n) is 6.51. The Morgan fingerprint density at radius 3 is 2.78 bits per heavy atom. The molecule has 1 aromatic rings. The van der Waals surface area contributed by atoms with Crippen LogP contribution in [0.4, 0.5) is 0 Å². The van der Waals surface area contributed by atoms with Gasteiger partial charge in [0.25, 0.3) is 0 Å². The minimum absolute atomic E-state index is 0.0463. The van der Waals surface area contributed by atoms with Crippen LogP contribution in [0.5, 0.6) is 0 Å². The van der Waals surface area contributed by atoms with Gasteiger partial charge in [0.1, 0.15) is 0 Å². The first-order valence-corrected chi connectivity index (χ1v) is 9.86. The number of carbonyl (C=O) groups is 1. The van der Waals surface area contributed by atoms with Gasteiger partial charge in [-0.1, -0.05) is 12.8 Å². The van der Waals surface area contributed by atoms with Gasteiger partial charge in [0.15, 0.2) is 0 Å². The Morgan fingerprint density at radius 2 is 2.09 bits per heavy atom. The monoisotopic (exact) mass is 340 g/mol. The number of hydrogen-bond donors (Lipinski definition) is 2. The molecular weight excluding hydrogens is 316 g/mol. The molecule has 0 bridgehead atoms. The molecule has 8 heteroatoms. The van der Waals surface area contributed by atoms with E-state index >= 15 is 0 Å². The molecule has 1 atom stereocenters. The number of hydrogen-bond acceptors (Lipinski definition) is 4. The zero-order valence-electron chi connectivity index (χ0n) is 13.2. The molecule has 0 radical (unpaired) electrons. The van der Waals surface area contributed by atoms with Crippen LogP contribution in [0.2, 0.25) is 0 Å². The SMILES string of the molecule is O=C(Cc1ccn[nH]1)N1CCCC(S(=O)(=O)NC2CCCC2)C1. The number of carbonyl (C=O) groups excluding carboxylic acids is 1. The van der Waals surface area contributed by atoms with Gasteiger partial charge in [0.2, 0.25) is 15.9 Å². The van der Waals surface area contributed by atoms with Gasteiger partial charge in [0.05, 0.1) is 11.7 Å². The Hall–Kier alpha value is -1.41. The number of piperidine rings is 1. The summed E-state index contributed by atoms with van der Waals surface area (Å²) in [7, 11) is -3.36. The zero-order chi connectivity index (χ0) is 16.3. The standard InChI is InChI=1S/C15H24N4O3S/c20-15(10-13-7-8-16-17-13)19-9-3-6-14(11-19)23(21,22)18-12-4-1-2-5-12/h7-8,12,14,18H,1-6,9-11H2,(H,16,17). The smallest absolute Gasteiger partial charge is 0.228 e. The van der Waals surface area contributed by atoms with Gasteiger partial charge in [-0.25, -0.2) is 13.1 Å². The summed E-state index contributed by atoms with van der Waals surface area (Å²) in [6, 6.07) is 1.84. The van der Waals surface area contributed by atoms with E-state index in [4.69, 9.17) is 0 Å². The number of H-pyrrole nitrogens is 1. The van der Waals surface area contributed by atoms with Gasteiger partial charge in [0, 0.05) is 31.0 Å². The predicted molar refractivity (Wildman–Crippen MR) is 86.2 cm³/mol. The number of aromatic nitrogens is 2. The fourth-order valence-electron chi connectivity index (χ4n) is 3.45. The third-order valence-corrected chi connectivity index (χ3v) is 6.68. The Balaban J connectivity index is 1.59. The number of rotatable bonds is 5. The highest BCUT2D eigenvalue weighted by molar-refractivity contribution is 7.90. The largest absolute Gasteiger partial charge is 0.341 e. The normalized spacial score (nSPS) is 23.3. The summed E-state index contributed by atoms with van der Waals surface area (Å²) >= 11 is 0. The van der Waals surface area contributed by atoms with Crippen molar-refractivity contribution < 1.29 is 13.2 Å². The summed E-state index contributed by atoms with van der Waals surface area (Å²) in [5.74, 6) is -0.0463. The first-order chi connectivity index (χ1) is 11.0. The van der Waals surface area contributed by atoms with Crippen LogP contribution < -0.4 is 4.72 Å². The summed E-state index contributed by atoms with van der Waals surface area (Å²) in [4.78, 5) is 14.0. The summed E-state index contributed by atoms with van der Waals surface area (Å²) in [6.07, 6.45) is 7.23. The number of nitrogens with one attached hydrogen (secondary N) is 2. The lowest BCUT2D eigenvalue weighted by Crippen LogP contribution is -2.50. The Kier molecular flexibility index (Phi) is 5.01. The summed E-state index contributed by atoms with van der Waals surface area (Å²) in [5, 5.41) is 6.10. The molecule has 3 rings (SSSR count). The van der Waals surface area contributed by atoms with Crippen molar-refractivity contribution in [1.29, 1.82) is 0 Å². The highest BCUT2D eigenvalue weighted by atomic mass is 32.2. The molecule has 2 heterocycles. The fraction of sp³-hybridized carbons (Fsp3) is 0.733. The van der Waals surface area contributed by atoms with E-state index in [9.17, 15) is 13.2 Å². The van der Waals surface area contributed by atoms with Crippen molar-refractivity contribution in [3.05, 3.63) is 18.0 Å². The molecule has 7 nitrogen and oxygen atoms in total. The third kappa shape index (κ3) is 4.11. The average molecular weight is 340 g/mol. The van der Waals surface area contributed by atoms with Crippen LogP contribution in [0.25, 0.3) is 0 Å². The number of amides is 1. The fourth-order valence-corrected chi connectivity index (χ4v) is 5.19. The van der Waals surface area contributed by atoms with Gasteiger partial charge >= 0.3 is 0 Å². The molecule has 2 fully saturated rings. The van der Waals surface area contributed by atoms with Crippen molar-refractivity contribution in [1.82, 2.24) is 19.8 Å². The van der Waals surface area contributed by atoms with Crippen molar-refractivity contribution in [3.63, 3.8) is 0 Å². The Bertz CT molecular complexity index is 623. The molecule has 1 aliphatic carbocycles. The van der Waals surface area contributed by atoms with Crippen LogP contribution >= 0.6 is 0 Å². The number of sulfonamides is 1. The molecule has 1 saturated carbocycles. The van der Waals surface area contributed by atoms with Gasteiger partial charge in [-0.3, -0.25) is 9.89 Å². The van der Waals surface area contributed by atoms with E-state index in [0.29, 0.717) is 13.0 Å². The van der Waals surface area contributed by atoms with E-state index in [-0.39, 0.29) is 24.9 Å². The van der Waals surface area contributed by atoms with Crippen molar-refractivity contribution in [3.8, 4) is 0 Å². The quantitative estimate of drug-likeness (QED) is 0.829. The number of likely N-dealkylation sites (tertiary alicyclic amines) is 1. The predicted octanol–water partition coefficient (Wildman–Crippen LogP) is 0.805. The van der Waals surface area contributed by atoms with Gasteiger partial charge in [-0.15, -0.1) is 0 Å². The van der Waals surface area contributed by atoms with Crippen LogP contribution in [0.15, 0.2) is 12.3 Å². The van der Waals surface area contributed by atoms with Crippen LogP contribution in [0.1, 0.15) is 44.2 Å². The lowest BCUT2D eigenvalue weighted by atomic mass is 10.1. The van der Waals surface area contributed by atoms with Crippen LogP contribution in [0, 0.1) is 0 Å². The molecule has 2 aliphatic rings. The van der Waals surface area contributed by atoms with Crippen molar-refractivity contribution in [2.45, 2.75) is 56.2 Å². The van der Waals surface area contributed by atoms with Crippen molar-refractivity contribution in [2.24, 2.45) is 0 Å². The molecule has 0 spiro atoms. The second-order valence-corrected chi connectivity index (χ2v) is 8.50. The van der Waals surface area contributed by atoms with Crippen LogP contribution in [-0.2, 0) is 21.2 Å². The maximum absolute atomic E-state index is 12.6. The molecule has 1 aromatic heterocycles.